The number of ketones is 1. The Morgan fingerprint density at radius 3 is 2.37 bits per heavy atom. The van der Waals surface area contributed by atoms with Crippen molar-refractivity contribution in [3.05, 3.63) is 75.0 Å². The van der Waals surface area contributed by atoms with E-state index in [1.807, 2.05) is 0 Å². The smallest absolute Gasteiger partial charge is 0.373 e. The van der Waals surface area contributed by atoms with Gasteiger partial charge in [-0.05, 0) is 55.5 Å². The molecular formula is C18H13BrN4O4. The number of nitrogens with zero attached hydrogens (tertiary/aromatic N) is 3. The van der Waals surface area contributed by atoms with E-state index in [4.69, 9.17) is 4.74 Å². The molecule has 3 aromatic rings. The van der Waals surface area contributed by atoms with Gasteiger partial charge in [0.2, 0.25) is 5.82 Å². The summed E-state index contributed by atoms with van der Waals surface area (Å²) in [7, 11) is 0. The van der Waals surface area contributed by atoms with Gasteiger partial charge in [0.05, 0.1) is 4.92 Å². The molecule has 0 amide bonds. The van der Waals surface area contributed by atoms with Gasteiger partial charge in [-0.3, -0.25) is 14.9 Å². The highest BCUT2D eigenvalue weighted by molar-refractivity contribution is 9.10. The van der Waals surface area contributed by atoms with Crippen molar-refractivity contribution in [3.63, 3.8) is 0 Å². The Morgan fingerprint density at radius 2 is 1.78 bits per heavy atom. The lowest BCUT2D eigenvalue weighted by atomic mass is 10.1. The summed E-state index contributed by atoms with van der Waals surface area (Å²) in [5.74, 6) is 0.134. The van der Waals surface area contributed by atoms with E-state index in [1.165, 1.54) is 13.3 Å². The molecule has 0 bridgehead atoms. The molecular weight excluding hydrogens is 416 g/mol. The Labute approximate surface area is 162 Å². The first-order valence-corrected chi connectivity index (χ1v) is 8.54. The summed E-state index contributed by atoms with van der Waals surface area (Å²) in [4.78, 5) is 30.1. The highest BCUT2D eigenvalue weighted by Gasteiger charge is 2.25. The molecule has 0 saturated carbocycles. The van der Waals surface area contributed by atoms with E-state index in [0.717, 1.165) is 4.47 Å². The maximum absolute atomic E-state index is 11.6. The number of anilines is 2. The SMILES string of the molecule is CC(=O)c1ccc(Nc2ncnc(Oc3ccc(Br)cc3)c2[N+](=O)[O-])cc1. The average molecular weight is 429 g/mol. The molecule has 0 fully saturated rings. The van der Waals surface area contributed by atoms with Gasteiger partial charge in [-0.2, -0.15) is 4.98 Å². The minimum atomic E-state index is -0.611. The Hall–Kier alpha value is -3.33. The first kappa shape index (κ1) is 18.5. The van der Waals surface area contributed by atoms with Gasteiger partial charge in [-0.1, -0.05) is 15.9 Å². The first-order valence-electron chi connectivity index (χ1n) is 7.75. The Morgan fingerprint density at radius 1 is 1.11 bits per heavy atom. The number of hydrogen-bond acceptors (Lipinski definition) is 7. The molecule has 3 rings (SSSR count). The molecule has 8 nitrogen and oxygen atoms in total. The highest BCUT2D eigenvalue weighted by atomic mass is 79.9. The summed E-state index contributed by atoms with van der Waals surface area (Å²) in [6.45, 7) is 1.46. The Balaban J connectivity index is 1.92. The molecule has 0 aliphatic carbocycles. The summed E-state index contributed by atoms with van der Waals surface area (Å²) in [6.07, 6.45) is 1.17. The third kappa shape index (κ3) is 4.45. The largest absolute Gasteiger partial charge is 0.434 e. The van der Waals surface area contributed by atoms with Crippen molar-refractivity contribution in [2.75, 3.05) is 5.32 Å². The summed E-state index contributed by atoms with van der Waals surface area (Å²) in [5, 5.41) is 14.4. The van der Waals surface area contributed by atoms with Gasteiger partial charge < -0.3 is 10.1 Å². The van der Waals surface area contributed by atoms with Gasteiger partial charge in [0, 0.05) is 15.7 Å². The number of aromatic nitrogens is 2. The van der Waals surface area contributed by atoms with E-state index >= 15 is 0 Å². The zero-order valence-corrected chi connectivity index (χ0v) is 15.6. The topological polar surface area (TPSA) is 107 Å². The Bertz CT molecular complexity index is 991. The van der Waals surface area contributed by atoms with E-state index in [-0.39, 0.29) is 17.5 Å². The van der Waals surface area contributed by atoms with Crippen molar-refractivity contribution in [1.29, 1.82) is 0 Å². The predicted octanol–water partition coefficient (Wildman–Crippen LogP) is 4.89. The van der Waals surface area contributed by atoms with Crippen molar-refractivity contribution in [2.24, 2.45) is 0 Å². The van der Waals surface area contributed by atoms with E-state index in [1.54, 1.807) is 48.5 Å². The zero-order valence-electron chi connectivity index (χ0n) is 14.0. The van der Waals surface area contributed by atoms with Crippen LogP contribution in [0.4, 0.5) is 17.2 Å². The van der Waals surface area contributed by atoms with Crippen LogP contribution in [-0.4, -0.2) is 20.7 Å². The number of carbonyl (C=O) groups excluding carboxylic acids is 1. The lowest BCUT2D eigenvalue weighted by Gasteiger charge is -2.09. The van der Waals surface area contributed by atoms with Gasteiger partial charge in [0.25, 0.3) is 0 Å². The number of nitro groups is 1. The molecule has 136 valence electrons. The van der Waals surface area contributed by atoms with Crippen LogP contribution in [-0.2, 0) is 0 Å². The number of ether oxygens (including phenoxy) is 1. The second-order valence-electron chi connectivity index (χ2n) is 5.45. The number of halogens is 1. The lowest BCUT2D eigenvalue weighted by Crippen LogP contribution is -2.03. The van der Waals surface area contributed by atoms with E-state index < -0.39 is 10.6 Å². The quantitative estimate of drug-likeness (QED) is 0.338. The predicted molar refractivity (Wildman–Crippen MR) is 103 cm³/mol. The van der Waals surface area contributed by atoms with Crippen LogP contribution < -0.4 is 10.1 Å². The first-order chi connectivity index (χ1) is 12.9. The summed E-state index contributed by atoms with van der Waals surface area (Å²) in [5.41, 5.74) is 0.685. The molecule has 0 radical (unpaired) electrons. The van der Waals surface area contributed by atoms with Gasteiger partial charge in [-0.15, -0.1) is 0 Å². The number of nitrogens with one attached hydrogen (secondary N) is 1. The minimum absolute atomic E-state index is 0.0160. The second kappa shape index (κ2) is 7.92. The van der Waals surface area contributed by atoms with Crippen LogP contribution >= 0.6 is 15.9 Å². The van der Waals surface area contributed by atoms with Gasteiger partial charge >= 0.3 is 11.6 Å². The number of benzene rings is 2. The molecule has 0 aliphatic heterocycles. The molecule has 0 atom stereocenters. The van der Waals surface area contributed by atoms with E-state index in [0.29, 0.717) is 17.0 Å². The van der Waals surface area contributed by atoms with Gasteiger partial charge in [0.1, 0.15) is 12.1 Å². The molecule has 27 heavy (non-hydrogen) atoms. The van der Waals surface area contributed by atoms with Crippen LogP contribution in [0.25, 0.3) is 0 Å². The number of hydrogen-bond donors (Lipinski definition) is 1. The second-order valence-corrected chi connectivity index (χ2v) is 6.36. The summed E-state index contributed by atoms with van der Waals surface area (Å²) < 4.78 is 6.41. The molecule has 0 spiro atoms. The number of carbonyl (C=O) groups is 1. The molecule has 9 heteroatoms. The molecule has 0 aliphatic rings. The minimum Gasteiger partial charge on any atom is -0.434 e. The van der Waals surface area contributed by atoms with Crippen LogP contribution in [0.15, 0.2) is 59.3 Å². The average Bonchev–Trinajstić information content (AvgIpc) is 2.64. The fourth-order valence-corrected chi connectivity index (χ4v) is 2.50. The highest BCUT2D eigenvalue weighted by Crippen LogP contribution is 2.35. The van der Waals surface area contributed by atoms with Crippen molar-refractivity contribution in [2.45, 2.75) is 6.92 Å². The third-order valence-electron chi connectivity index (χ3n) is 3.55. The van der Waals surface area contributed by atoms with Crippen LogP contribution in [0, 0.1) is 10.1 Å². The van der Waals surface area contributed by atoms with Crippen LogP contribution in [0.2, 0.25) is 0 Å². The van der Waals surface area contributed by atoms with E-state index in [2.05, 4.69) is 31.2 Å². The third-order valence-corrected chi connectivity index (χ3v) is 4.08. The van der Waals surface area contributed by atoms with Gasteiger partial charge in [-0.25, -0.2) is 4.98 Å². The van der Waals surface area contributed by atoms with Crippen molar-refractivity contribution >= 4 is 38.9 Å². The number of Topliss-reactive ketones (excluding diaryl/α,β-unsaturated/α-hetero) is 1. The number of rotatable bonds is 6. The zero-order chi connectivity index (χ0) is 19.4. The molecule has 1 aromatic heterocycles. The van der Waals surface area contributed by atoms with Crippen LogP contribution in [0.3, 0.4) is 0 Å². The summed E-state index contributed by atoms with van der Waals surface area (Å²) in [6, 6.07) is 13.3. The molecule has 1 N–H and O–H groups in total. The maximum atomic E-state index is 11.6. The van der Waals surface area contributed by atoms with Crippen molar-refractivity contribution < 1.29 is 14.5 Å². The molecule has 2 aromatic carbocycles. The lowest BCUT2D eigenvalue weighted by molar-refractivity contribution is -0.385. The van der Waals surface area contributed by atoms with Gasteiger partial charge in [0.15, 0.2) is 5.78 Å². The fourth-order valence-electron chi connectivity index (χ4n) is 2.23. The van der Waals surface area contributed by atoms with Crippen LogP contribution in [0.5, 0.6) is 11.6 Å². The molecule has 1 heterocycles. The van der Waals surface area contributed by atoms with Crippen molar-refractivity contribution in [3.8, 4) is 11.6 Å². The summed E-state index contributed by atoms with van der Waals surface area (Å²) >= 11 is 3.31. The Kier molecular flexibility index (Phi) is 5.41. The standard InChI is InChI=1S/C18H13BrN4O4/c1-11(24)12-2-6-14(7-3-12)22-17-16(23(25)26)18(21-10-20-17)27-15-8-4-13(19)5-9-15/h2-10H,1H3,(H,20,21,22). The van der Waals surface area contributed by atoms with Crippen molar-refractivity contribution in [1.82, 2.24) is 9.97 Å². The monoisotopic (exact) mass is 428 g/mol. The molecule has 0 unspecified atom stereocenters. The normalized spacial score (nSPS) is 10.3. The molecule has 0 saturated heterocycles. The fraction of sp³-hybridized carbons (Fsp3) is 0.0556. The maximum Gasteiger partial charge on any atom is 0.373 e. The van der Waals surface area contributed by atoms with E-state index in [9.17, 15) is 14.9 Å². The van der Waals surface area contributed by atoms with Crippen LogP contribution in [0.1, 0.15) is 17.3 Å².